The summed E-state index contributed by atoms with van der Waals surface area (Å²) in [5, 5.41) is 7.50. The Morgan fingerprint density at radius 1 is 1.24 bits per heavy atom. The van der Waals surface area contributed by atoms with E-state index in [4.69, 9.17) is 23.2 Å². The molecule has 0 radical (unpaired) electrons. The zero-order valence-corrected chi connectivity index (χ0v) is 16.2. The van der Waals surface area contributed by atoms with E-state index in [0.29, 0.717) is 27.3 Å². The van der Waals surface area contributed by atoms with Crippen LogP contribution in [0.3, 0.4) is 0 Å². The molecule has 0 saturated carbocycles. The Balaban J connectivity index is 1.73. The lowest BCUT2D eigenvalue weighted by Crippen LogP contribution is -2.23. The first-order chi connectivity index (χ1) is 12.0. The minimum Gasteiger partial charge on any atom is -0.348 e. The van der Waals surface area contributed by atoms with E-state index in [0.717, 1.165) is 17.0 Å². The molecule has 25 heavy (non-hydrogen) atoms. The molecule has 0 aliphatic heterocycles. The molecule has 1 amide bonds. The second-order valence-corrected chi connectivity index (χ2v) is 8.00. The molecule has 0 spiro atoms. The third kappa shape index (κ3) is 4.06. The van der Waals surface area contributed by atoms with E-state index >= 15 is 0 Å². The van der Waals surface area contributed by atoms with Gasteiger partial charge in [-0.25, -0.2) is 0 Å². The SMILES string of the molecule is Cc1nn(Cc2ccccc2)c(C)c1CNC(=O)c1cc(Cl)sc1Cl. The van der Waals surface area contributed by atoms with Crippen LogP contribution >= 0.6 is 34.5 Å². The average molecular weight is 394 g/mol. The number of rotatable bonds is 5. The molecule has 7 heteroatoms. The number of nitrogens with zero attached hydrogens (tertiary/aromatic N) is 2. The summed E-state index contributed by atoms with van der Waals surface area (Å²) in [6, 6.07) is 11.7. The van der Waals surface area contributed by atoms with Crippen molar-refractivity contribution in [3.8, 4) is 0 Å². The number of hydrogen-bond donors (Lipinski definition) is 1. The normalized spacial score (nSPS) is 10.9. The molecule has 3 aromatic rings. The van der Waals surface area contributed by atoms with Crippen molar-refractivity contribution >= 4 is 40.4 Å². The topological polar surface area (TPSA) is 46.9 Å². The van der Waals surface area contributed by atoms with Crippen LogP contribution in [0.25, 0.3) is 0 Å². The van der Waals surface area contributed by atoms with Crippen LogP contribution in [0, 0.1) is 13.8 Å². The maximum Gasteiger partial charge on any atom is 0.253 e. The van der Waals surface area contributed by atoms with Gasteiger partial charge in [0.15, 0.2) is 0 Å². The summed E-state index contributed by atoms with van der Waals surface area (Å²) in [4.78, 5) is 12.3. The summed E-state index contributed by atoms with van der Waals surface area (Å²) >= 11 is 13.1. The largest absolute Gasteiger partial charge is 0.348 e. The van der Waals surface area contributed by atoms with Gasteiger partial charge < -0.3 is 5.32 Å². The zero-order valence-electron chi connectivity index (χ0n) is 13.8. The molecule has 3 rings (SSSR count). The third-order valence-corrected chi connectivity index (χ3v) is 5.52. The van der Waals surface area contributed by atoms with Crippen LogP contribution in [0.2, 0.25) is 8.67 Å². The van der Waals surface area contributed by atoms with E-state index in [-0.39, 0.29) is 5.91 Å². The molecule has 1 aromatic carbocycles. The lowest BCUT2D eigenvalue weighted by Gasteiger charge is -2.07. The molecule has 0 fully saturated rings. The van der Waals surface area contributed by atoms with E-state index in [1.165, 1.54) is 16.9 Å². The zero-order chi connectivity index (χ0) is 18.0. The lowest BCUT2D eigenvalue weighted by atomic mass is 10.2. The summed E-state index contributed by atoms with van der Waals surface area (Å²) in [5.41, 5.74) is 4.55. The Bertz CT molecular complexity index is 903. The van der Waals surface area contributed by atoms with Gasteiger partial charge in [0, 0.05) is 17.8 Å². The van der Waals surface area contributed by atoms with Crippen molar-refractivity contribution in [2.24, 2.45) is 0 Å². The van der Waals surface area contributed by atoms with Gasteiger partial charge in [-0.05, 0) is 25.5 Å². The van der Waals surface area contributed by atoms with Crippen LogP contribution in [-0.4, -0.2) is 15.7 Å². The first-order valence-corrected chi connectivity index (χ1v) is 9.32. The monoisotopic (exact) mass is 393 g/mol. The number of carbonyl (C=O) groups excluding carboxylic acids is 1. The predicted molar refractivity (Wildman–Crippen MR) is 103 cm³/mol. The fourth-order valence-electron chi connectivity index (χ4n) is 2.66. The van der Waals surface area contributed by atoms with Gasteiger partial charge in [-0.15, -0.1) is 11.3 Å². The van der Waals surface area contributed by atoms with Crippen LogP contribution in [0.4, 0.5) is 0 Å². The van der Waals surface area contributed by atoms with E-state index < -0.39 is 0 Å². The fraction of sp³-hybridized carbons (Fsp3) is 0.222. The number of aryl methyl sites for hydroxylation is 1. The van der Waals surface area contributed by atoms with E-state index in [2.05, 4.69) is 22.5 Å². The number of nitrogens with one attached hydrogen (secondary N) is 1. The van der Waals surface area contributed by atoms with E-state index in [1.54, 1.807) is 6.07 Å². The molecule has 0 bridgehead atoms. The second-order valence-electron chi connectivity index (χ2n) is 5.71. The number of carbonyl (C=O) groups is 1. The smallest absolute Gasteiger partial charge is 0.253 e. The number of amides is 1. The molecule has 130 valence electrons. The standard InChI is InChI=1S/C18H17Cl2N3OS/c1-11-15(9-21-18(24)14-8-16(19)25-17(14)20)12(2)23(22-11)10-13-6-4-3-5-7-13/h3-8H,9-10H2,1-2H3,(H,21,24). The Labute approximate surface area is 160 Å². The molecule has 1 N–H and O–H groups in total. The van der Waals surface area contributed by atoms with Crippen molar-refractivity contribution in [2.45, 2.75) is 26.9 Å². The number of aromatic nitrogens is 2. The highest BCUT2D eigenvalue weighted by atomic mass is 35.5. The van der Waals surface area contributed by atoms with E-state index in [1.807, 2.05) is 36.7 Å². The summed E-state index contributed by atoms with van der Waals surface area (Å²) in [6.07, 6.45) is 0. The van der Waals surface area contributed by atoms with Crippen LogP contribution in [0.5, 0.6) is 0 Å². The van der Waals surface area contributed by atoms with Crippen LogP contribution in [-0.2, 0) is 13.1 Å². The van der Waals surface area contributed by atoms with Crippen LogP contribution in [0.1, 0.15) is 32.9 Å². The number of thiophene rings is 1. The lowest BCUT2D eigenvalue weighted by molar-refractivity contribution is 0.0951. The molecule has 0 unspecified atom stereocenters. The maximum absolute atomic E-state index is 12.3. The molecule has 2 heterocycles. The second kappa shape index (κ2) is 7.60. The van der Waals surface area contributed by atoms with Crippen molar-refractivity contribution in [3.63, 3.8) is 0 Å². The van der Waals surface area contributed by atoms with Gasteiger partial charge in [-0.3, -0.25) is 9.48 Å². The molecule has 0 atom stereocenters. The summed E-state index contributed by atoms with van der Waals surface area (Å²) in [5.74, 6) is -0.234. The minimum absolute atomic E-state index is 0.234. The Hall–Kier alpha value is -1.82. The van der Waals surface area contributed by atoms with Gasteiger partial charge in [-0.2, -0.15) is 5.10 Å². The highest BCUT2D eigenvalue weighted by Crippen LogP contribution is 2.31. The maximum atomic E-state index is 12.3. The minimum atomic E-state index is -0.234. The van der Waals surface area contributed by atoms with Crippen molar-refractivity contribution in [3.05, 3.63) is 73.1 Å². The summed E-state index contributed by atoms with van der Waals surface area (Å²) in [7, 11) is 0. The molecule has 0 aliphatic rings. The first kappa shape index (κ1) is 18.0. The summed E-state index contributed by atoms with van der Waals surface area (Å²) in [6.45, 7) is 5.06. The van der Waals surface area contributed by atoms with E-state index in [9.17, 15) is 4.79 Å². The van der Waals surface area contributed by atoms with Gasteiger partial charge in [-0.1, -0.05) is 53.5 Å². The molecular weight excluding hydrogens is 377 g/mol. The first-order valence-electron chi connectivity index (χ1n) is 7.75. The van der Waals surface area contributed by atoms with Gasteiger partial charge >= 0.3 is 0 Å². The Kier molecular flexibility index (Phi) is 5.47. The summed E-state index contributed by atoms with van der Waals surface area (Å²) < 4.78 is 2.86. The molecule has 0 aliphatic carbocycles. The third-order valence-electron chi connectivity index (χ3n) is 4.03. The number of benzene rings is 1. The van der Waals surface area contributed by atoms with Crippen molar-refractivity contribution in [2.75, 3.05) is 0 Å². The van der Waals surface area contributed by atoms with Gasteiger partial charge in [0.25, 0.3) is 5.91 Å². The molecule has 4 nitrogen and oxygen atoms in total. The predicted octanol–water partition coefficient (Wildman–Crippen LogP) is 4.85. The quantitative estimate of drug-likeness (QED) is 0.673. The van der Waals surface area contributed by atoms with Crippen LogP contribution < -0.4 is 5.32 Å². The highest BCUT2D eigenvalue weighted by molar-refractivity contribution is 7.20. The fourth-order valence-corrected chi connectivity index (χ4v) is 4.12. The average Bonchev–Trinajstić information content (AvgIpc) is 3.05. The van der Waals surface area contributed by atoms with Crippen LogP contribution in [0.15, 0.2) is 36.4 Å². The molecule has 2 aromatic heterocycles. The molecule has 0 saturated heterocycles. The highest BCUT2D eigenvalue weighted by Gasteiger charge is 2.16. The van der Waals surface area contributed by atoms with Crippen molar-refractivity contribution < 1.29 is 4.79 Å². The van der Waals surface area contributed by atoms with Gasteiger partial charge in [0.1, 0.15) is 4.34 Å². The van der Waals surface area contributed by atoms with Gasteiger partial charge in [0.2, 0.25) is 0 Å². The Morgan fingerprint density at radius 2 is 1.96 bits per heavy atom. The molecular formula is C18H17Cl2N3OS. The van der Waals surface area contributed by atoms with Gasteiger partial charge in [0.05, 0.1) is 22.1 Å². The van der Waals surface area contributed by atoms with Crippen molar-refractivity contribution in [1.29, 1.82) is 0 Å². The number of halogens is 2. The van der Waals surface area contributed by atoms with Crippen molar-refractivity contribution in [1.82, 2.24) is 15.1 Å². The Morgan fingerprint density at radius 3 is 2.60 bits per heavy atom. The number of hydrogen-bond acceptors (Lipinski definition) is 3.